The summed E-state index contributed by atoms with van der Waals surface area (Å²) in [5.74, 6) is 1.91. The van der Waals surface area contributed by atoms with Crippen LogP contribution in [-0.4, -0.2) is 25.8 Å². The van der Waals surface area contributed by atoms with Crippen LogP contribution in [0.3, 0.4) is 0 Å². The smallest absolute Gasteiger partial charge is 0.150 e. The van der Waals surface area contributed by atoms with E-state index in [-0.39, 0.29) is 5.41 Å². The molecule has 1 heterocycles. The SMILES string of the molecule is O=S1(=O)CCC2(CC2CCl)C1. The summed E-state index contributed by atoms with van der Waals surface area (Å²) >= 11 is 5.67. The zero-order valence-electron chi connectivity index (χ0n) is 6.22. The van der Waals surface area contributed by atoms with Crippen molar-refractivity contribution < 1.29 is 8.42 Å². The van der Waals surface area contributed by atoms with Crippen LogP contribution in [-0.2, 0) is 9.84 Å². The minimum absolute atomic E-state index is 0.126. The standard InChI is InChI=1S/C7H11ClO2S/c8-4-6-3-7(6)1-2-11(9,10)5-7/h6H,1-5H2. The van der Waals surface area contributed by atoms with Gasteiger partial charge in [-0.2, -0.15) is 0 Å². The fourth-order valence-corrected chi connectivity index (χ4v) is 4.75. The highest BCUT2D eigenvalue weighted by Crippen LogP contribution is 2.59. The molecule has 2 rings (SSSR count). The van der Waals surface area contributed by atoms with Crippen LogP contribution in [0.4, 0.5) is 0 Å². The van der Waals surface area contributed by atoms with Gasteiger partial charge in [-0.3, -0.25) is 0 Å². The molecule has 0 amide bonds. The van der Waals surface area contributed by atoms with Crippen molar-refractivity contribution in [3.63, 3.8) is 0 Å². The minimum Gasteiger partial charge on any atom is -0.229 e. The van der Waals surface area contributed by atoms with E-state index in [0.29, 0.717) is 23.3 Å². The van der Waals surface area contributed by atoms with E-state index in [1.807, 2.05) is 0 Å². The van der Waals surface area contributed by atoms with Gasteiger partial charge in [0.15, 0.2) is 9.84 Å². The Morgan fingerprint density at radius 2 is 2.27 bits per heavy atom. The molecule has 1 saturated carbocycles. The second kappa shape index (κ2) is 2.13. The second-order valence-electron chi connectivity index (χ2n) is 3.76. The molecular weight excluding hydrogens is 184 g/mol. The van der Waals surface area contributed by atoms with Gasteiger partial charge in [-0.1, -0.05) is 0 Å². The van der Waals surface area contributed by atoms with Gasteiger partial charge in [0.2, 0.25) is 0 Å². The lowest BCUT2D eigenvalue weighted by Crippen LogP contribution is -2.07. The Balaban J connectivity index is 2.13. The third-order valence-electron chi connectivity index (χ3n) is 2.96. The van der Waals surface area contributed by atoms with Crippen LogP contribution < -0.4 is 0 Å². The number of halogens is 1. The summed E-state index contributed by atoms with van der Waals surface area (Å²) in [6.45, 7) is 0. The Labute approximate surface area is 71.8 Å². The Hall–Kier alpha value is 0.240. The van der Waals surface area contributed by atoms with E-state index >= 15 is 0 Å². The second-order valence-corrected chi connectivity index (χ2v) is 6.25. The van der Waals surface area contributed by atoms with Gasteiger partial charge in [0.25, 0.3) is 0 Å². The van der Waals surface area contributed by atoms with E-state index in [9.17, 15) is 8.42 Å². The van der Waals surface area contributed by atoms with Crippen LogP contribution in [0, 0.1) is 11.3 Å². The fourth-order valence-electron chi connectivity index (χ4n) is 2.07. The summed E-state index contributed by atoms with van der Waals surface area (Å²) in [7, 11) is -2.69. The lowest BCUT2D eigenvalue weighted by atomic mass is 10.0. The lowest BCUT2D eigenvalue weighted by Gasteiger charge is -2.01. The molecule has 11 heavy (non-hydrogen) atoms. The predicted molar refractivity (Wildman–Crippen MR) is 44.5 cm³/mol. The molecule has 4 heteroatoms. The molecule has 2 nitrogen and oxygen atoms in total. The van der Waals surface area contributed by atoms with Crippen molar-refractivity contribution in [2.45, 2.75) is 12.8 Å². The zero-order valence-corrected chi connectivity index (χ0v) is 7.79. The molecule has 0 aromatic heterocycles. The summed E-state index contributed by atoms with van der Waals surface area (Å²) in [5.41, 5.74) is 0.126. The van der Waals surface area contributed by atoms with E-state index in [2.05, 4.69) is 0 Å². The van der Waals surface area contributed by atoms with E-state index in [0.717, 1.165) is 12.8 Å². The van der Waals surface area contributed by atoms with Crippen molar-refractivity contribution in [3.8, 4) is 0 Å². The highest BCUT2D eigenvalue weighted by molar-refractivity contribution is 7.91. The van der Waals surface area contributed by atoms with Gasteiger partial charge in [-0.25, -0.2) is 8.42 Å². The molecule has 2 atom stereocenters. The van der Waals surface area contributed by atoms with Gasteiger partial charge in [-0.15, -0.1) is 11.6 Å². The van der Waals surface area contributed by atoms with Crippen molar-refractivity contribution in [1.29, 1.82) is 0 Å². The molecule has 0 N–H and O–H groups in total. The highest BCUT2D eigenvalue weighted by Gasteiger charge is 2.58. The maximum Gasteiger partial charge on any atom is 0.150 e. The van der Waals surface area contributed by atoms with Gasteiger partial charge in [0, 0.05) is 5.88 Å². The van der Waals surface area contributed by atoms with Crippen LogP contribution in [0.5, 0.6) is 0 Å². The molecule has 0 bridgehead atoms. The first-order valence-electron chi connectivity index (χ1n) is 3.84. The van der Waals surface area contributed by atoms with Gasteiger partial charge in [0.05, 0.1) is 11.5 Å². The van der Waals surface area contributed by atoms with E-state index in [1.165, 1.54) is 0 Å². The minimum atomic E-state index is -2.69. The lowest BCUT2D eigenvalue weighted by molar-refractivity contribution is 0.535. The molecule has 2 unspecified atom stereocenters. The van der Waals surface area contributed by atoms with Crippen LogP contribution >= 0.6 is 11.6 Å². The number of sulfone groups is 1. The van der Waals surface area contributed by atoms with E-state index in [1.54, 1.807) is 0 Å². The van der Waals surface area contributed by atoms with E-state index < -0.39 is 9.84 Å². The first-order valence-corrected chi connectivity index (χ1v) is 6.20. The topological polar surface area (TPSA) is 34.1 Å². The maximum absolute atomic E-state index is 11.1. The van der Waals surface area contributed by atoms with Crippen molar-refractivity contribution in [3.05, 3.63) is 0 Å². The summed E-state index contributed by atoms with van der Waals surface area (Å²) in [4.78, 5) is 0. The summed E-state index contributed by atoms with van der Waals surface area (Å²) in [5, 5.41) is 0. The zero-order chi connectivity index (χ0) is 8.11. The molecule has 2 fully saturated rings. The monoisotopic (exact) mass is 194 g/mol. The Morgan fingerprint density at radius 1 is 1.55 bits per heavy atom. The average molecular weight is 195 g/mol. The Bertz CT molecular complexity index is 272. The van der Waals surface area contributed by atoms with Crippen LogP contribution in [0.1, 0.15) is 12.8 Å². The van der Waals surface area contributed by atoms with Crippen LogP contribution in [0.15, 0.2) is 0 Å². The molecular formula is C7H11ClO2S. The molecule has 1 saturated heterocycles. The molecule has 1 aliphatic heterocycles. The first-order chi connectivity index (χ1) is 5.08. The predicted octanol–water partition coefficient (Wildman–Crippen LogP) is 1.05. The normalized spacial score (nSPS) is 46.5. The number of hydrogen-bond acceptors (Lipinski definition) is 2. The number of hydrogen-bond donors (Lipinski definition) is 0. The largest absolute Gasteiger partial charge is 0.229 e. The first kappa shape index (κ1) is 7.87. The number of rotatable bonds is 1. The van der Waals surface area contributed by atoms with Crippen molar-refractivity contribution >= 4 is 21.4 Å². The van der Waals surface area contributed by atoms with Crippen molar-refractivity contribution in [2.24, 2.45) is 11.3 Å². The van der Waals surface area contributed by atoms with Gasteiger partial charge < -0.3 is 0 Å². The van der Waals surface area contributed by atoms with Crippen LogP contribution in [0.2, 0.25) is 0 Å². The third-order valence-corrected chi connectivity index (χ3v) is 5.18. The molecule has 64 valence electrons. The Kier molecular flexibility index (Phi) is 1.53. The third kappa shape index (κ3) is 1.18. The number of alkyl halides is 1. The molecule has 1 spiro atoms. The average Bonchev–Trinajstić information content (AvgIpc) is 2.49. The molecule has 0 aromatic carbocycles. The Morgan fingerprint density at radius 3 is 2.64 bits per heavy atom. The molecule has 0 aromatic rings. The summed E-state index contributed by atoms with van der Waals surface area (Å²) in [6.07, 6.45) is 1.89. The fraction of sp³-hybridized carbons (Fsp3) is 1.00. The van der Waals surface area contributed by atoms with Crippen molar-refractivity contribution in [2.75, 3.05) is 17.4 Å². The van der Waals surface area contributed by atoms with Gasteiger partial charge >= 0.3 is 0 Å². The molecule has 0 radical (unpaired) electrons. The quantitative estimate of drug-likeness (QED) is 0.585. The highest BCUT2D eigenvalue weighted by atomic mass is 35.5. The van der Waals surface area contributed by atoms with Gasteiger partial charge in [-0.05, 0) is 24.2 Å². The molecule has 2 aliphatic rings. The summed E-state index contributed by atoms with van der Waals surface area (Å²) in [6, 6.07) is 0. The van der Waals surface area contributed by atoms with Gasteiger partial charge in [0.1, 0.15) is 0 Å². The van der Waals surface area contributed by atoms with Crippen molar-refractivity contribution in [1.82, 2.24) is 0 Å². The maximum atomic E-state index is 11.1. The van der Waals surface area contributed by atoms with E-state index in [4.69, 9.17) is 11.6 Å². The van der Waals surface area contributed by atoms with Crippen LogP contribution in [0.25, 0.3) is 0 Å². The molecule has 1 aliphatic carbocycles. The summed E-state index contributed by atoms with van der Waals surface area (Å²) < 4.78 is 22.2.